The van der Waals surface area contributed by atoms with Gasteiger partial charge in [0.2, 0.25) is 0 Å². The molecular weight excluding hydrogens is 238 g/mol. The van der Waals surface area contributed by atoms with E-state index in [4.69, 9.17) is 5.26 Å². The lowest BCUT2D eigenvalue weighted by atomic mass is 9.86. The van der Waals surface area contributed by atoms with Crippen molar-refractivity contribution in [3.8, 4) is 17.9 Å². The van der Waals surface area contributed by atoms with Gasteiger partial charge in [-0.2, -0.15) is 10.5 Å². The van der Waals surface area contributed by atoms with Crippen LogP contribution in [0, 0.1) is 28.6 Å². The molecule has 19 heavy (non-hydrogen) atoms. The number of nitrogens with zero attached hydrogens (tertiary/aromatic N) is 2. The lowest BCUT2D eigenvalue weighted by Gasteiger charge is -2.25. The fraction of sp³-hybridized carbons (Fsp3) is 0.200. The Kier molecular flexibility index (Phi) is 3.27. The van der Waals surface area contributed by atoms with Crippen molar-refractivity contribution in [2.45, 2.75) is 13.8 Å². The Morgan fingerprint density at radius 3 is 2.47 bits per heavy atom. The van der Waals surface area contributed by atoms with Crippen LogP contribution in [-0.2, 0) is 0 Å². The molecule has 0 aliphatic carbocycles. The van der Waals surface area contributed by atoms with Gasteiger partial charge in [0.15, 0.2) is 0 Å². The van der Waals surface area contributed by atoms with E-state index in [-0.39, 0.29) is 11.7 Å². The summed E-state index contributed by atoms with van der Waals surface area (Å²) in [7, 11) is 0. The molecule has 1 aromatic rings. The molecule has 0 aromatic heterocycles. The molecule has 0 bridgehead atoms. The number of allylic oxidation sites excluding steroid dienone is 3. The monoisotopic (exact) mass is 251 g/mol. The molecule has 0 unspecified atom stereocenters. The predicted molar refractivity (Wildman–Crippen MR) is 71.3 cm³/mol. The van der Waals surface area contributed by atoms with Gasteiger partial charge in [-0.05, 0) is 19.1 Å². The summed E-state index contributed by atoms with van der Waals surface area (Å²) in [5.74, 6) is -0.0990. The van der Waals surface area contributed by atoms with Gasteiger partial charge in [-0.15, -0.1) is 0 Å². The van der Waals surface area contributed by atoms with E-state index < -0.39 is 0 Å². The first-order valence-electron chi connectivity index (χ1n) is 5.90. The van der Waals surface area contributed by atoms with Crippen LogP contribution >= 0.6 is 0 Å². The molecular formula is C15H13N3O. The van der Waals surface area contributed by atoms with Gasteiger partial charge in [0.25, 0.3) is 0 Å². The molecule has 0 amide bonds. The normalized spacial score (nSPS) is 18.6. The Hall–Kier alpha value is -2.72. The number of dihydropyridines is 1. The van der Waals surface area contributed by atoms with Crippen molar-refractivity contribution in [2.24, 2.45) is 5.92 Å². The molecule has 2 N–H and O–H groups in total. The summed E-state index contributed by atoms with van der Waals surface area (Å²) in [6.45, 7) is 3.65. The van der Waals surface area contributed by atoms with Gasteiger partial charge >= 0.3 is 0 Å². The molecule has 1 aromatic carbocycles. The van der Waals surface area contributed by atoms with E-state index in [0.29, 0.717) is 16.8 Å². The number of phenols is 1. The molecule has 0 saturated heterocycles. The van der Waals surface area contributed by atoms with E-state index in [1.54, 1.807) is 18.2 Å². The fourth-order valence-electron chi connectivity index (χ4n) is 2.23. The summed E-state index contributed by atoms with van der Waals surface area (Å²) in [6.07, 6.45) is 0. The van der Waals surface area contributed by atoms with Gasteiger partial charge in [-0.3, -0.25) is 0 Å². The Labute approximate surface area is 111 Å². The number of rotatable bonds is 1. The Morgan fingerprint density at radius 1 is 1.21 bits per heavy atom. The maximum absolute atomic E-state index is 9.54. The zero-order chi connectivity index (χ0) is 14.0. The quantitative estimate of drug-likeness (QED) is 0.804. The van der Waals surface area contributed by atoms with Crippen LogP contribution in [0.4, 0.5) is 0 Å². The van der Waals surface area contributed by atoms with E-state index in [0.717, 1.165) is 11.3 Å². The third kappa shape index (κ3) is 2.17. The highest BCUT2D eigenvalue weighted by Gasteiger charge is 2.26. The van der Waals surface area contributed by atoms with Crippen LogP contribution in [0.1, 0.15) is 19.4 Å². The Bertz CT molecular complexity index is 671. The second-order valence-electron chi connectivity index (χ2n) is 4.45. The van der Waals surface area contributed by atoms with Crippen molar-refractivity contribution in [1.29, 1.82) is 10.5 Å². The molecule has 0 saturated carbocycles. The summed E-state index contributed by atoms with van der Waals surface area (Å²) >= 11 is 0. The fourth-order valence-corrected chi connectivity index (χ4v) is 2.23. The summed E-state index contributed by atoms with van der Waals surface area (Å²) in [6, 6.07) is 11.0. The minimum Gasteiger partial charge on any atom is -0.508 e. The molecule has 0 radical (unpaired) electrons. The van der Waals surface area contributed by atoms with E-state index in [1.807, 2.05) is 19.9 Å². The van der Waals surface area contributed by atoms with Gasteiger partial charge in [0.1, 0.15) is 5.75 Å². The van der Waals surface area contributed by atoms with Crippen LogP contribution in [0.2, 0.25) is 0 Å². The number of nitrogens with one attached hydrogen (secondary N) is 1. The largest absolute Gasteiger partial charge is 0.508 e. The number of hydrogen-bond acceptors (Lipinski definition) is 4. The molecule has 4 nitrogen and oxygen atoms in total. The third-order valence-electron chi connectivity index (χ3n) is 3.23. The highest BCUT2D eigenvalue weighted by atomic mass is 16.3. The second kappa shape index (κ2) is 4.88. The first-order valence-corrected chi connectivity index (χ1v) is 5.90. The minimum atomic E-state index is -0.242. The zero-order valence-electron chi connectivity index (χ0n) is 10.7. The number of hydrogen-bond donors (Lipinski definition) is 2. The van der Waals surface area contributed by atoms with Crippen LogP contribution < -0.4 is 5.32 Å². The molecule has 94 valence electrons. The van der Waals surface area contributed by atoms with Gasteiger partial charge in [-0.1, -0.05) is 19.1 Å². The van der Waals surface area contributed by atoms with E-state index in [1.165, 1.54) is 0 Å². The molecule has 0 spiro atoms. The van der Waals surface area contributed by atoms with Crippen molar-refractivity contribution in [3.63, 3.8) is 0 Å². The molecule has 1 heterocycles. The van der Waals surface area contributed by atoms with Crippen molar-refractivity contribution in [1.82, 2.24) is 5.32 Å². The summed E-state index contributed by atoms with van der Waals surface area (Å²) in [5.41, 5.74) is 3.21. The SMILES string of the molecule is CC1=C(C#N)[C@@H](C)C(C#N)=C(c2cccc(O)c2)N1. The molecule has 1 aliphatic rings. The van der Waals surface area contributed by atoms with Crippen molar-refractivity contribution < 1.29 is 5.11 Å². The first kappa shape index (κ1) is 12.7. The second-order valence-corrected chi connectivity index (χ2v) is 4.45. The first-order chi connectivity index (χ1) is 9.08. The van der Waals surface area contributed by atoms with Gasteiger partial charge in [-0.25, -0.2) is 0 Å². The lowest BCUT2D eigenvalue weighted by molar-refractivity contribution is 0.475. The predicted octanol–water partition coefficient (Wildman–Crippen LogP) is 2.66. The molecule has 1 atom stereocenters. The Morgan fingerprint density at radius 2 is 1.89 bits per heavy atom. The highest BCUT2D eigenvalue weighted by molar-refractivity contribution is 5.75. The zero-order valence-corrected chi connectivity index (χ0v) is 10.7. The van der Waals surface area contributed by atoms with Crippen LogP contribution in [0.5, 0.6) is 5.75 Å². The summed E-state index contributed by atoms with van der Waals surface area (Å²) in [5, 5.41) is 31.1. The van der Waals surface area contributed by atoms with E-state index in [2.05, 4.69) is 17.5 Å². The van der Waals surface area contributed by atoms with Crippen LogP contribution in [0.3, 0.4) is 0 Å². The van der Waals surface area contributed by atoms with Gasteiger partial charge < -0.3 is 10.4 Å². The summed E-state index contributed by atoms with van der Waals surface area (Å²) in [4.78, 5) is 0. The number of aromatic hydroxyl groups is 1. The van der Waals surface area contributed by atoms with Crippen LogP contribution in [-0.4, -0.2) is 5.11 Å². The highest BCUT2D eigenvalue weighted by Crippen LogP contribution is 2.33. The van der Waals surface area contributed by atoms with Crippen molar-refractivity contribution in [3.05, 3.63) is 46.7 Å². The van der Waals surface area contributed by atoms with Gasteiger partial charge in [0.05, 0.1) is 29.0 Å². The maximum Gasteiger partial charge on any atom is 0.116 e. The molecule has 2 rings (SSSR count). The molecule has 1 aliphatic heterocycles. The van der Waals surface area contributed by atoms with Crippen LogP contribution in [0.15, 0.2) is 41.1 Å². The van der Waals surface area contributed by atoms with E-state index in [9.17, 15) is 10.4 Å². The average Bonchev–Trinajstić information content (AvgIpc) is 2.38. The van der Waals surface area contributed by atoms with Crippen LogP contribution in [0.25, 0.3) is 5.70 Å². The lowest BCUT2D eigenvalue weighted by Crippen LogP contribution is -2.23. The summed E-state index contributed by atoms with van der Waals surface area (Å²) < 4.78 is 0. The molecule has 0 fully saturated rings. The van der Waals surface area contributed by atoms with Crippen molar-refractivity contribution in [2.75, 3.05) is 0 Å². The Balaban J connectivity index is 2.57. The topological polar surface area (TPSA) is 79.8 Å². The molecule has 4 heteroatoms. The third-order valence-corrected chi connectivity index (χ3v) is 3.23. The number of benzene rings is 1. The van der Waals surface area contributed by atoms with E-state index >= 15 is 0 Å². The number of phenolic OH excluding ortho intramolecular Hbond substituents is 1. The standard InChI is InChI=1S/C15H13N3O/c1-9-13(7-16)10(2)18-15(14(9)8-17)11-4-3-5-12(19)6-11/h3-6,9,18-19H,1-2H3/t9-/m1/s1. The van der Waals surface area contributed by atoms with Gasteiger partial charge in [0, 0.05) is 17.2 Å². The minimum absolute atomic E-state index is 0.143. The average molecular weight is 251 g/mol. The maximum atomic E-state index is 9.54. The number of nitriles is 2. The van der Waals surface area contributed by atoms with Crippen molar-refractivity contribution >= 4 is 5.70 Å². The smallest absolute Gasteiger partial charge is 0.116 e.